The molecule has 1 N–H and O–H groups in total. The molecule has 4 nitrogen and oxygen atoms in total. The van der Waals surface area contributed by atoms with Gasteiger partial charge in [-0.05, 0) is 32.1 Å². The lowest BCUT2D eigenvalue weighted by Gasteiger charge is -2.09. The predicted molar refractivity (Wildman–Crippen MR) is 56.4 cm³/mol. The third-order valence-electron chi connectivity index (χ3n) is 2.75. The lowest BCUT2D eigenvalue weighted by molar-refractivity contribution is 0.410. The van der Waals surface area contributed by atoms with Crippen molar-refractivity contribution in [3.05, 3.63) is 17.8 Å². The monoisotopic (exact) mass is 192 g/mol. The normalized spacial score (nSPS) is 22.6. The first kappa shape index (κ1) is 9.40. The zero-order valence-electron chi connectivity index (χ0n) is 8.70. The van der Waals surface area contributed by atoms with E-state index in [2.05, 4.69) is 33.5 Å². The maximum atomic E-state index is 4.23. The molecule has 1 aliphatic heterocycles. The number of anilines is 1. The smallest absolute Gasteiger partial charge is 0.148 e. The number of rotatable bonds is 2. The van der Waals surface area contributed by atoms with Crippen LogP contribution in [0.3, 0.4) is 0 Å². The molecule has 0 amide bonds. The van der Waals surface area contributed by atoms with Gasteiger partial charge in [0.05, 0.1) is 5.69 Å². The zero-order chi connectivity index (χ0) is 9.97. The molecule has 4 heteroatoms. The first-order chi connectivity index (χ1) is 6.79. The minimum Gasteiger partial charge on any atom is -0.372 e. The summed E-state index contributed by atoms with van der Waals surface area (Å²) >= 11 is 0. The van der Waals surface area contributed by atoms with Gasteiger partial charge in [0.2, 0.25) is 0 Å². The predicted octanol–water partition coefficient (Wildman–Crippen LogP) is 0.937. The van der Waals surface area contributed by atoms with Crippen molar-refractivity contribution in [2.24, 2.45) is 0 Å². The average molecular weight is 192 g/mol. The van der Waals surface area contributed by atoms with Gasteiger partial charge in [0.25, 0.3) is 0 Å². The van der Waals surface area contributed by atoms with Gasteiger partial charge in [-0.3, -0.25) is 0 Å². The van der Waals surface area contributed by atoms with Crippen LogP contribution in [0.2, 0.25) is 0 Å². The highest BCUT2D eigenvalue weighted by molar-refractivity contribution is 5.32. The van der Waals surface area contributed by atoms with Gasteiger partial charge in [0.1, 0.15) is 5.82 Å². The molecule has 0 aliphatic carbocycles. The quantitative estimate of drug-likeness (QED) is 0.757. The van der Waals surface area contributed by atoms with Crippen molar-refractivity contribution in [1.29, 1.82) is 0 Å². The molecule has 76 valence electrons. The largest absolute Gasteiger partial charge is 0.372 e. The van der Waals surface area contributed by atoms with Crippen LogP contribution in [0.1, 0.15) is 18.0 Å². The van der Waals surface area contributed by atoms with Gasteiger partial charge < -0.3 is 10.2 Å². The van der Waals surface area contributed by atoms with Crippen LogP contribution < -0.4 is 5.32 Å². The summed E-state index contributed by atoms with van der Waals surface area (Å²) in [6.45, 7) is 2.27. The van der Waals surface area contributed by atoms with Crippen LogP contribution in [0.25, 0.3) is 0 Å². The summed E-state index contributed by atoms with van der Waals surface area (Å²) in [6, 6.07) is 4.06. The number of hydrogen-bond donors (Lipinski definition) is 1. The van der Waals surface area contributed by atoms with E-state index in [1.165, 1.54) is 13.0 Å². The van der Waals surface area contributed by atoms with E-state index >= 15 is 0 Å². The average Bonchev–Trinajstić information content (AvgIpc) is 2.65. The summed E-state index contributed by atoms with van der Waals surface area (Å²) < 4.78 is 0. The Labute approximate surface area is 84.3 Å². The second-order valence-corrected chi connectivity index (χ2v) is 3.84. The first-order valence-electron chi connectivity index (χ1n) is 4.99. The van der Waals surface area contributed by atoms with E-state index in [1.54, 1.807) is 0 Å². The van der Waals surface area contributed by atoms with Crippen molar-refractivity contribution in [2.45, 2.75) is 12.3 Å². The van der Waals surface area contributed by atoms with Gasteiger partial charge in [0.15, 0.2) is 0 Å². The van der Waals surface area contributed by atoms with Crippen LogP contribution in [-0.2, 0) is 0 Å². The molecule has 0 bridgehead atoms. The summed E-state index contributed by atoms with van der Waals surface area (Å²) in [4.78, 5) is 2.33. The van der Waals surface area contributed by atoms with Gasteiger partial charge in [0, 0.05) is 19.5 Å². The molecular weight excluding hydrogens is 176 g/mol. The highest BCUT2D eigenvalue weighted by Crippen LogP contribution is 2.24. The van der Waals surface area contributed by atoms with E-state index in [1.807, 2.05) is 13.1 Å². The fourth-order valence-corrected chi connectivity index (χ4v) is 1.87. The number of hydrogen-bond acceptors (Lipinski definition) is 4. The van der Waals surface area contributed by atoms with Gasteiger partial charge in [-0.25, -0.2) is 0 Å². The second-order valence-electron chi connectivity index (χ2n) is 3.84. The SMILES string of the molecule is CNc1ccc(C2CCN(C)C2)nn1. The van der Waals surface area contributed by atoms with E-state index in [-0.39, 0.29) is 0 Å². The number of aromatic nitrogens is 2. The Morgan fingerprint density at radius 1 is 1.43 bits per heavy atom. The van der Waals surface area contributed by atoms with Gasteiger partial charge in [-0.15, -0.1) is 5.10 Å². The van der Waals surface area contributed by atoms with E-state index in [0.717, 1.165) is 18.1 Å². The minimum absolute atomic E-state index is 0.568. The molecule has 1 unspecified atom stereocenters. The molecule has 0 radical (unpaired) electrons. The highest BCUT2D eigenvalue weighted by Gasteiger charge is 2.22. The Balaban J connectivity index is 2.09. The molecule has 1 fully saturated rings. The molecule has 0 aromatic carbocycles. The van der Waals surface area contributed by atoms with Crippen molar-refractivity contribution in [3.63, 3.8) is 0 Å². The lowest BCUT2D eigenvalue weighted by atomic mass is 10.1. The summed E-state index contributed by atoms with van der Waals surface area (Å²) in [7, 11) is 4.00. The molecule has 1 aromatic heterocycles. The van der Waals surface area contributed by atoms with Gasteiger partial charge in [-0.1, -0.05) is 0 Å². The molecule has 1 aliphatic rings. The maximum Gasteiger partial charge on any atom is 0.148 e. The van der Waals surface area contributed by atoms with Crippen LogP contribution in [0.5, 0.6) is 0 Å². The molecule has 1 atom stereocenters. The van der Waals surface area contributed by atoms with Crippen LogP contribution >= 0.6 is 0 Å². The summed E-state index contributed by atoms with van der Waals surface area (Å²) in [6.07, 6.45) is 1.20. The summed E-state index contributed by atoms with van der Waals surface area (Å²) in [5.41, 5.74) is 1.12. The van der Waals surface area contributed by atoms with E-state index in [9.17, 15) is 0 Å². The van der Waals surface area contributed by atoms with E-state index in [4.69, 9.17) is 0 Å². The molecule has 2 heterocycles. The molecule has 1 saturated heterocycles. The van der Waals surface area contributed by atoms with Crippen molar-refractivity contribution in [2.75, 3.05) is 32.5 Å². The summed E-state index contributed by atoms with van der Waals surface area (Å²) in [5, 5.41) is 11.3. The van der Waals surface area contributed by atoms with Crippen LogP contribution in [0.4, 0.5) is 5.82 Å². The molecule has 1 aromatic rings. The molecule has 2 rings (SSSR count). The van der Waals surface area contributed by atoms with Crippen molar-refractivity contribution < 1.29 is 0 Å². The second kappa shape index (κ2) is 3.92. The zero-order valence-corrected chi connectivity index (χ0v) is 8.70. The Hall–Kier alpha value is -1.16. The fourth-order valence-electron chi connectivity index (χ4n) is 1.87. The molecule has 0 saturated carbocycles. The third-order valence-corrected chi connectivity index (χ3v) is 2.75. The van der Waals surface area contributed by atoms with E-state index in [0.29, 0.717) is 5.92 Å². The first-order valence-corrected chi connectivity index (χ1v) is 4.99. The van der Waals surface area contributed by atoms with Crippen molar-refractivity contribution >= 4 is 5.82 Å². The number of nitrogens with zero attached hydrogens (tertiary/aromatic N) is 3. The number of likely N-dealkylation sites (N-methyl/N-ethyl adjacent to an activating group) is 1. The van der Waals surface area contributed by atoms with E-state index < -0.39 is 0 Å². The molecular formula is C10H16N4. The van der Waals surface area contributed by atoms with Crippen LogP contribution in [-0.4, -0.2) is 42.3 Å². The highest BCUT2D eigenvalue weighted by atomic mass is 15.2. The third kappa shape index (κ3) is 1.85. The Morgan fingerprint density at radius 2 is 2.29 bits per heavy atom. The Morgan fingerprint density at radius 3 is 2.79 bits per heavy atom. The standard InChI is InChI=1S/C10H16N4/c1-11-10-4-3-9(12-13-10)8-5-6-14(2)7-8/h3-4,8H,5-7H2,1-2H3,(H,11,13). The van der Waals surface area contributed by atoms with Crippen LogP contribution in [0, 0.1) is 0 Å². The van der Waals surface area contributed by atoms with Crippen molar-refractivity contribution in [1.82, 2.24) is 15.1 Å². The Bertz CT molecular complexity index is 295. The fraction of sp³-hybridized carbons (Fsp3) is 0.600. The number of likely N-dealkylation sites (tertiary alicyclic amines) is 1. The topological polar surface area (TPSA) is 41.0 Å². The molecule has 14 heavy (non-hydrogen) atoms. The van der Waals surface area contributed by atoms with Crippen molar-refractivity contribution in [3.8, 4) is 0 Å². The minimum atomic E-state index is 0.568. The van der Waals surface area contributed by atoms with Gasteiger partial charge >= 0.3 is 0 Å². The Kier molecular flexibility index (Phi) is 2.63. The van der Waals surface area contributed by atoms with Gasteiger partial charge in [-0.2, -0.15) is 5.10 Å². The summed E-state index contributed by atoms with van der Waals surface area (Å²) in [5.74, 6) is 1.40. The number of nitrogens with one attached hydrogen (secondary N) is 1. The lowest BCUT2D eigenvalue weighted by Crippen LogP contribution is -2.14. The molecule has 0 spiro atoms. The van der Waals surface area contributed by atoms with Crippen LogP contribution in [0.15, 0.2) is 12.1 Å². The maximum absolute atomic E-state index is 4.23.